The molecule has 0 aromatic heterocycles. The van der Waals surface area contributed by atoms with Crippen LogP contribution in [0.4, 0.5) is 11.4 Å². The largest absolute Gasteiger partial charge is 0.330 e. The Morgan fingerprint density at radius 2 is 2.28 bits per heavy atom. The van der Waals surface area contributed by atoms with E-state index >= 15 is 0 Å². The first-order valence-corrected chi connectivity index (χ1v) is 6.20. The summed E-state index contributed by atoms with van der Waals surface area (Å²) in [5.41, 5.74) is 5.69. The fourth-order valence-corrected chi connectivity index (χ4v) is 1.71. The monoisotopic (exact) mass is 315 g/mol. The highest BCUT2D eigenvalue weighted by molar-refractivity contribution is 9.10. The van der Waals surface area contributed by atoms with Crippen molar-refractivity contribution in [2.24, 2.45) is 11.7 Å². The molecule has 1 rings (SSSR count). The summed E-state index contributed by atoms with van der Waals surface area (Å²) in [4.78, 5) is 21.9. The number of anilines is 1. The molecule has 0 bridgehead atoms. The van der Waals surface area contributed by atoms with Gasteiger partial charge in [0, 0.05) is 22.5 Å². The third-order valence-electron chi connectivity index (χ3n) is 2.47. The van der Waals surface area contributed by atoms with Gasteiger partial charge < -0.3 is 11.1 Å². The molecule has 0 fully saturated rings. The molecule has 0 saturated carbocycles. The van der Waals surface area contributed by atoms with Crippen molar-refractivity contribution >= 4 is 33.2 Å². The van der Waals surface area contributed by atoms with Crippen LogP contribution in [-0.4, -0.2) is 17.4 Å². The predicted octanol–water partition coefficient (Wildman–Crippen LogP) is 2.28. The maximum atomic E-state index is 11.8. The zero-order valence-electron chi connectivity index (χ0n) is 9.85. The zero-order valence-corrected chi connectivity index (χ0v) is 11.4. The van der Waals surface area contributed by atoms with Crippen LogP contribution < -0.4 is 11.1 Å². The summed E-state index contributed by atoms with van der Waals surface area (Å²) in [5, 5.41) is 13.3. The number of hydrogen-bond acceptors (Lipinski definition) is 4. The molecule has 0 aliphatic carbocycles. The second-order valence-corrected chi connectivity index (χ2v) is 4.74. The summed E-state index contributed by atoms with van der Waals surface area (Å²) in [7, 11) is 0. The topological polar surface area (TPSA) is 98.3 Å². The van der Waals surface area contributed by atoms with Crippen molar-refractivity contribution in [3.05, 3.63) is 32.8 Å². The van der Waals surface area contributed by atoms with E-state index in [1.807, 2.05) is 0 Å². The standard InChI is InChI=1S/C11H14BrN3O3/c1-7(4-5-13)11(16)14-10-6-8(15(17)18)2-3-9(10)12/h2-3,6-7H,4-5,13H2,1H3,(H,14,16). The first kappa shape index (κ1) is 14.6. The maximum absolute atomic E-state index is 11.8. The third kappa shape index (κ3) is 3.78. The van der Waals surface area contributed by atoms with Crippen molar-refractivity contribution in [2.75, 3.05) is 11.9 Å². The Morgan fingerprint density at radius 3 is 2.83 bits per heavy atom. The van der Waals surface area contributed by atoms with E-state index < -0.39 is 4.92 Å². The molecule has 1 aromatic rings. The Bertz CT molecular complexity index is 465. The van der Waals surface area contributed by atoms with E-state index in [4.69, 9.17) is 5.73 Å². The number of carbonyl (C=O) groups is 1. The first-order valence-electron chi connectivity index (χ1n) is 5.40. The second kappa shape index (κ2) is 6.46. The SMILES string of the molecule is CC(CCN)C(=O)Nc1cc([N+](=O)[O-])ccc1Br. The van der Waals surface area contributed by atoms with Crippen molar-refractivity contribution in [3.8, 4) is 0 Å². The molecular weight excluding hydrogens is 302 g/mol. The molecule has 7 heteroatoms. The lowest BCUT2D eigenvalue weighted by Crippen LogP contribution is -2.22. The highest BCUT2D eigenvalue weighted by Crippen LogP contribution is 2.27. The predicted molar refractivity (Wildman–Crippen MR) is 72.3 cm³/mol. The van der Waals surface area contributed by atoms with Gasteiger partial charge in [-0.05, 0) is 35.0 Å². The highest BCUT2D eigenvalue weighted by Gasteiger charge is 2.15. The molecule has 1 unspecified atom stereocenters. The van der Waals surface area contributed by atoms with E-state index in [1.165, 1.54) is 18.2 Å². The van der Waals surface area contributed by atoms with E-state index in [2.05, 4.69) is 21.2 Å². The normalized spacial score (nSPS) is 11.9. The highest BCUT2D eigenvalue weighted by atomic mass is 79.9. The summed E-state index contributed by atoms with van der Waals surface area (Å²) in [6.07, 6.45) is 0.568. The number of carbonyl (C=O) groups excluding carboxylic acids is 1. The number of amides is 1. The van der Waals surface area contributed by atoms with Crippen LogP contribution >= 0.6 is 15.9 Å². The second-order valence-electron chi connectivity index (χ2n) is 3.89. The molecule has 1 amide bonds. The van der Waals surface area contributed by atoms with Gasteiger partial charge >= 0.3 is 0 Å². The lowest BCUT2D eigenvalue weighted by molar-refractivity contribution is -0.384. The summed E-state index contributed by atoms with van der Waals surface area (Å²) < 4.78 is 0.599. The molecule has 0 saturated heterocycles. The van der Waals surface area contributed by atoms with Gasteiger partial charge in [0.1, 0.15) is 0 Å². The molecule has 0 aliphatic rings. The van der Waals surface area contributed by atoms with Gasteiger partial charge in [0.15, 0.2) is 0 Å². The van der Waals surface area contributed by atoms with Crippen LogP contribution in [0.25, 0.3) is 0 Å². The number of benzene rings is 1. The number of non-ortho nitro benzene ring substituents is 1. The molecule has 3 N–H and O–H groups in total. The van der Waals surface area contributed by atoms with Gasteiger partial charge in [-0.3, -0.25) is 14.9 Å². The molecule has 0 heterocycles. The number of hydrogen-bond donors (Lipinski definition) is 2. The molecule has 98 valence electrons. The van der Waals surface area contributed by atoms with Crippen LogP contribution in [-0.2, 0) is 4.79 Å². The number of nitrogens with one attached hydrogen (secondary N) is 1. The molecule has 6 nitrogen and oxygen atoms in total. The lowest BCUT2D eigenvalue weighted by Gasteiger charge is -2.12. The van der Waals surface area contributed by atoms with Gasteiger partial charge in [-0.2, -0.15) is 0 Å². The van der Waals surface area contributed by atoms with Gasteiger partial charge in [0.25, 0.3) is 5.69 Å². The van der Waals surface area contributed by atoms with Crippen molar-refractivity contribution < 1.29 is 9.72 Å². The maximum Gasteiger partial charge on any atom is 0.271 e. The summed E-state index contributed by atoms with van der Waals surface area (Å²) in [6, 6.07) is 4.21. The summed E-state index contributed by atoms with van der Waals surface area (Å²) in [6.45, 7) is 2.18. The Kier molecular flexibility index (Phi) is 5.24. The number of halogens is 1. The van der Waals surface area contributed by atoms with Crippen molar-refractivity contribution in [1.82, 2.24) is 0 Å². The molecule has 18 heavy (non-hydrogen) atoms. The van der Waals surface area contributed by atoms with Gasteiger partial charge in [-0.25, -0.2) is 0 Å². The molecule has 1 aromatic carbocycles. The van der Waals surface area contributed by atoms with Crippen LogP contribution in [0.15, 0.2) is 22.7 Å². The van der Waals surface area contributed by atoms with Gasteiger partial charge in [-0.1, -0.05) is 6.92 Å². The number of nitro benzene ring substituents is 1. The minimum Gasteiger partial charge on any atom is -0.330 e. The summed E-state index contributed by atoms with van der Waals surface area (Å²) >= 11 is 3.23. The smallest absolute Gasteiger partial charge is 0.271 e. The first-order chi connectivity index (χ1) is 8.45. The minimum atomic E-state index is -0.509. The van der Waals surface area contributed by atoms with Crippen LogP contribution in [0.3, 0.4) is 0 Å². The average Bonchev–Trinajstić information content (AvgIpc) is 2.31. The molecule has 1 atom stereocenters. The number of rotatable bonds is 5. The lowest BCUT2D eigenvalue weighted by atomic mass is 10.1. The van der Waals surface area contributed by atoms with E-state index in [9.17, 15) is 14.9 Å². The van der Waals surface area contributed by atoms with E-state index in [0.29, 0.717) is 23.1 Å². The fourth-order valence-electron chi connectivity index (χ4n) is 1.36. The van der Waals surface area contributed by atoms with Gasteiger partial charge in [0.2, 0.25) is 5.91 Å². The van der Waals surface area contributed by atoms with E-state index in [1.54, 1.807) is 6.92 Å². The molecule has 0 spiro atoms. The van der Waals surface area contributed by atoms with Crippen LogP contribution in [0.5, 0.6) is 0 Å². The van der Waals surface area contributed by atoms with Crippen molar-refractivity contribution in [3.63, 3.8) is 0 Å². The third-order valence-corrected chi connectivity index (χ3v) is 3.16. The Hall–Kier alpha value is -1.47. The molecule has 0 aliphatic heterocycles. The Labute approximate surface area is 113 Å². The fraction of sp³-hybridized carbons (Fsp3) is 0.364. The van der Waals surface area contributed by atoms with Gasteiger partial charge in [0.05, 0.1) is 10.6 Å². The van der Waals surface area contributed by atoms with Crippen LogP contribution in [0, 0.1) is 16.0 Å². The quantitative estimate of drug-likeness (QED) is 0.643. The number of nitro groups is 1. The van der Waals surface area contributed by atoms with Gasteiger partial charge in [-0.15, -0.1) is 0 Å². The molecular formula is C11H14BrN3O3. The Balaban J connectivity index is 2.86. The number of nitrogens with two attached hydrogens (primary N) is 1. The Morgan fingerprint density at radius 1 is 1.61 bits per heavy atom. The van der Waals surface area contributed by atoms with Crippen molar-refractivity contribution in [1.29, 1.82) is 0 Å². The summed E-state index contributed by atoms with van der Waals surface area (Å²) in [5.74, 6) is -0.442. The average molecular weight is 316 g/mol. The van der Waals surface area contributed by atoms with Crippen molar-refractivity contribution in [2.45, 2.75) is 13.3 Å². The van der Waals surface area contributed by atoms with E-state index in [-0.39, 0.29) is 17.5 Å². The van der Waals surface area contributed by atoms with E-state index in [0.717, 1.165) is 0 Å². The van der Waals surface area contributed by atoms with Crippen LogP contribution in [0.2, 0.25) is 0 Å². The molecule has 0 radical (unpaired) electrons. The van der Waals surface area contributed by atoms with Crippen LogP contribution in [0.1, 0.15) is 13.3 Å². The zero-order chi connectivity index (χ0) is 13.7. The minimum absolute atomic E-state index is 0.0695. The number of nitrogens with zero attached hydrogens (tertiary/aromatic N) is 1.